The Bertz CT molecular complexity index is 1340. The quantitative estimate of drug-likeness (QED) is 0.476. The first kappa shape index (κ1) is 20.6. The number of amides is 1. The summed E-state index contributed by atoms with van der Waals surface area (Å²) in [5.74, 6) is 5.63. The number of alkyl halides is 1. The highest BCUT2D eigenvalue weighted by molar-refractivity contribution is 6.27. The molecule has 2 atom stereocenters. The number of hydrogen-bond donors (Lipinski definition) is 1. The molecule has 33 heavy (non-hydrogen) atoms. The molecule has 3 fully saturated rings. The third-order valence-corrected chi connectivity index (χ3v) is 7.49. The molecular formula is C26H23ClFN3O2. The number of carbonyl (C=O) groups is 1. The average molecular weight is 464 g/mol. The number of pyridine rings is 1. The molecule has 0 bridgehead atoms. The predicted octanol–water partition coefficient (Wildman–Crippen LogP) is 3.70. The summed E-state index contributed by atoms with van der Waals surface area (Å²) < 4.78 is 15.5. The maximum absolute atomic E-state index is 13.3. The van der Waals surface area contributed by atoms with Gasteiger partial charge < -0.3 is 14.4 Å². The number of phenols is 1. The van der Waals surface area contributed by atoms with E-state index in [0.29, 0.717) is 18.2 Å². The predicted molar refractivity (Wildman–Crippen MR) is 124 cm³/mol. The van der Waals surface area contributed by atoms with Crippen LogP contribution in [0.25, 0.3) is 5.52 Å². The lowest BCUT2D eigenvalue weighted by molar-refractivity contribution is -0.131. The topological polar surface area (TPSA) is 48.2 Å². The molecule has 3 heterocycles. The summed E-state index contributed by atoms with van der Waals surface area (Å²) in [6.45, 7) is 1.56. The number of phenolic OH excluding ortho intramolecular Hbond substituents is 1. The van der Waals surface area contributed by atoms with Crippen LogP contribution in [0, 0.1) is 17.7 Å². The van der Waals surface area contributed by atoms with Crippen LogP contribution >= 0.6 is 11.6 Å². The van der Waals surface area contributed by atoms with Gasteiger partial charge in [-0.3, -0.25) is 9.69 Å². The van der Waals surface area contributed by atoms with Crippen LogP contribution in [0.15, 0.2) is 48.7 Å². The van der Waals surface area contributed by atoms with Crippen LogP contribution in [0.2, 0.25) is 0 Å². The zero-order valence-corrected chi connectivity index (χ0v) is 18.7. The summed E-state index contributed by atoms with van der Waals surface area (Å²) in [5.41, 5.74) is 3.46. The number of nitrogens with zero attached hydrogens (tertiary/aromatic N) is 3. The molecule has 1 saturated heterocycles. The van der Waals surface area contributed by atoms with E-state index in [1.807, 2.05) is 23.1 Å². The molecule has 6 rings (SSSR count). The van der Waals surface area contributed by atoms with Gasteiger partial charge in [0.1, 0.15) is 17.4 Å². The van der Waals surface area contributed by atoms with Crippen LogP contribution < -0.4 is 0 Å². The highest BCUT2D eigenvalue weighted by atomic mass is 35.5. The summed E-state index contributed by atoms with van der Waals surface area (Å²) in [6, 6.07) is 12.7. The maximum Gasteiger partial charge on any atom is 0.237 e. The van der Waals surface area contributed by atoms with Gasteiger partial charge in [0.2, 0.25) is 5.91 Å². The van der Waals surface area contributed by atoms with Crippen molar-refractivity contribution in [3.8, 4) is 17.6 Å². The fourth-order valence-corrected chi connectivity index (χ4v) is 5.62. The minimum Gasteiger partial charge on any atom is -0.507 e. The van der Waals surface area contributed by atoms with Gasteiger partial charge in [0.25, 0.3) is 0 Å². The summed E-state index contributed by atoms with van der Waals surface area (Å²) >= 11 is 5.81. The van der Waals surface area contributed by atoms with E-state index < -0.39 is 5.82 Å². The van der Waals surface area contributed by atoms with Crippen LogP contribution in [-0.4, -0.2) is 56.3 Å². The first-order chi connectivity index (χ1) is 16.0. The monoisotopic (exact) mass is 463 g/mol. The van der Waals surface area contributed by atoms with Gasteiger partial charge in [0.15, 0.2) is 0 Å². The molecule has 3 aromatic rings. The Morgan fingerprint density at radius 2 is 1.94 bits per heavy atom. The molecule has 1 aromatic carbocycles. The molecule has 2 aliphatic carbocycles. The number of carbonyl (C=O) groups excluding carboxylic acids is 1. The van der Waals surface area contributed by atoms with Crippen molar-refractivity contribution in [1.29, 1.82) is 0 Å². The molecule has 1 N–H and O–H groups in total. The largest absolute Gasteiger partial charge is 0.507 e. The van der Waals surface area contributed by atoms with Crippen molar-refractivity contribution in [2.75, 3.05) is 19.0 Å². The van der Waals surface area contributed by atoms with Gasteiger partial charge in [0, 0.05) is 43.1 Å². The highest BCUT2D eigenvalue weighted by Gasteiger charge is 2.61. The van der Waals surface area contributed by atoms with Crippen molar-refractivity contribution in [3.63, 3.8) is 0 Å². The van der Waals surface area contributed by atoms with Crippen LogP contribution in [-0.2, 0) is 10.3 Å². The number of fused-ring (bicyclic) bond motifs is 2. The second-order valence-electron chi connectivity index (χ2n) is 9.13. The van der Waals surface area contributed by atoms with Gasteiger partial charge in [-0.25, -0.2) is 4.39 Å². The van der Waals surface area contributed by atoms with E-state index >= 15 is 0 Å². The molecule has 0 radical (unpaired) electrons. The molecule has 5 nitrogen and oxygen atoms in total. The normalized spacial score (nSPS) is 23.0. The number of benzene rings is 1. The number of piperazine rings is 1. The van der Waals surface area contributed by atoms with Crippen molar-refractivity contribution in [1.82, 2.24) is 14.2 Å². The van der Waals surface area contributed by atoms with Crippen molar-refractivity contribution < 1.29 is 14.3 Å². The van der Waals surface area contributed by atoms with E-state index in [-0.39, 0.29) is 29.1 Å². The molecule has 1 amide bonds. The summed E-state index contributed by atoms with van der Waals surface area (Å²) in [4.78, 5) is 16.7. The van der Waals surface area contributed by atoms with E-state index in [1.165, 1.54) is 17.8 Å². The standard InChI is InChI=1S/C26H23ClFN3O2/c27-16-25(33)30-11-12-31(22-15-21(22)30)26(8-9-26)24-13-18(20-3-1-2-10-29(20)24)5-4-17-6-7-19(28)14-23(17)32/h1-3,6-7,10,13-14,21-22,32H,8-9,11-12,15-16H2/t21?,22-/m0/s1. The van der Waals surface area contributed by atoms with Crippen molar-refractivity contribution in [2.45, 2.75) is 36.9 Å². The maximum atomic E-state index is 13.3. The third kappa shape index (κ3) is 3.30. The van der Waals surface area contributed by atoms with Crippen molar-refractivity contribution in [2.24, 2.45) is 0 Å². The first-order valence-electron chi connectivity index (χ1n) is 11.3. The number of aromatic nitrogens is 1. The molecule has 168 valence electrons. The third-order valence-electron chi connectivity index (χ3n) is 7.26. The highest BCUT2D eigenvalue weighted by Crippen LogP contribution is 2.56. The minimum absolute atomic E-state index is 0.0309. The second kappa shape index (κ2) is 7.51. The van der Waals surface area contributed by atoms with Gasteiger partial charge in [-0.15, -0.1) is 11.6 Å². The smallest absolute Gasteiger partial charge is 0.237 e. The van der Waals surface area contributed by atoms with E-state index in [1.54, 1.807) is 0 Å². The lowest BCUT2D eigenvalue weighted by Gasteiger charge is -2.39. The summed E-state index contributed by atoms with van der Waals surface area (Å²) in [7, 11) is 0. The zero-order valence-electron chi connectivity index (χ0n) is 18.0. The SMILES string of the molecule is O=C(CCl)N1CCN(C2(c3cc(C#Cc4ccc(F)cc4O)c4ccccn34)CC2)[C@H]2CC21. The number of hydrogen-bond acceptors (Lipinski definition) is 3. The minimum atomic E-state index is -0.489. The Kier molecular flexibility index (Phi) is 4.69. The Balaban J connectivity index is 1.36. The zero-order chi connectivity index (χ0) is 22.7. The molecule has 1 unspecified atom stereocenters. The van der Waals surface area contributed by atoms with Gasteiger partial charge in [-0.1, -0.05) is 17.9 Å². The van der Waals surface area contributed by atoms with Gasteiger partial charge in [0.05, 0.1) is 22.2 Å². The van der Waals surface area contributed by atoms with Gasteiger partial charge >= 0.3 is 0 Å². The van der Waals surface area contributed by atoms with E-state index in [2.05, 4.69) is 33.4 Å². The van der Waals surface area contributed by atoms with Crippen LogP contribution in [0.3, 0.4) is 0 Å². The fourth-order valence-electron chi connectivity index (χ4n) is 5.47. The Morgan fingerprint density at radius 1 is 1.12 bits per heavy atom. The van der Waals surface area contributed by atoms with Gasteiger partial charge in [-0.2, -0.15) is 0 Å². The van der Waals surface area contributed by atoms with E-state index in [9.17, 15) is 14.3 Å². The second-order valence-corrected chi connectivity index (χ2v) is 9.39. The van der Waals surface area contributed by atoms with Crippen molar-refractivity contribution >= 4 is 23.0 Å². The number of aromatic hydroxyl groups is 1. The Morgan fingerprint density at radius 3 is 2.70 bits per heavy atom. The van der Waals surface area contributed by atoms with E-state index in [4.69, 9.17) is 11.6 Å². The number of rotatable bonds is 3. The first-order valence-corrected chi connectivity index (χ1v) is 11.8. The Labute approximate surface area is 196 Å². The van der Waals surface area contributed by atoms with Crippen molar-refractivity contribution in [3.05, 3.63) is 71.3 Å². The Hall–Kier alpha value is -3.01. The molecule has 7 heteroatoms. The summed E-state index contributed by atoms with van der Waals surface area (Å²) in [6.07, 6.45) is 5.23. The van der Waals surface area contributed by atoms with Crippen LogP contribution in [0.4, 0.5) is 4.39 Å². The molecule has 2 aromatic heterocycles. The molecule has 0 spiro atoms. The number of halogens is 2. The molecule has 1 aliphatic heterocycles. The lowest BCUT2D eigenvalue weighted by Crippen LogP contribution is -2.52. The molecule has 2 saturated carbocycles. The van der Waals surface area contributed by atoms with Crippen LogP contribution in [0.5, 0.6) is 5.75 Å². The van der Waals surface area contributed by atoms with E-state index in [0.717, 1.165) is 43.0 Å². The summed E-state index contributed by atoms with van der Waals surface area (Å²) in [5, 5.41) is 10.0. The molecule has 3 aliphatic rings. The van der Waals surface area contributed by atoms with Gasteiger partial charge in [-0.05, 0) is 49.6 Å². The average Bonchev–Trinajstić information content (AvgIpc) is 3.74. The fraction of sp³-hybridized carbons (Fsp3) is 0.346. The van der Waals surface area contributed by atoms with Crippen LogP contribution in [0.1, 0.15) is 36.1 Å². The molecular weight excluding hydrogens is 441 g/mol. The lowest BCUT2D eigenvalue weighted by atomic mass is 10.1.